The number of likely N-dealkylation sites (tertiary alicyclic amines) is 1. The highest BCUT2D eigenvalue weighted by Gasteiger charge is 2.39. The fourth-order valence-electron chi connectivity index (χ4n) is 4.28. The summed E-state index contributed by atoms with van der Waals surface area (Å²) >= 11 is 6.13. The molecule has 2 aromatic heterocycles. The molecular formula is C18H22ClF2N5. The lowest BCUT2D eigenvalue weighted by Crippen LogP contribution is -2.41. The molecule has 8 heteroatoms. The fourth-order valence-corrected chi connectivity index (χ4v) is 4.43. The summed E-state index contributed by atoms with van der Waals surface area (Å²) in [6, 6.07) is 1.83. The number of hydrogen-bond donors (Lipinski definition) is 0. The van der Waals surface area contributed by atoms with E-state index in [2.05, 4.69) is 26.9 Å². The molecule has 0 amide bonds. The molecule has 2 fully saturated rings. The van der Waals surface area contributed by atoms with Crippen LogP contribution in [0.1, 0.15) is 25.8 Å². The Labute approximate surface area is 156 Å². The molecule has 0 radical (unpaired) electrons. The van der Waals surface area contributed by atoms with E-state index >= 15 is 0 Å². The number of aromatic nitrogens is 3. The van der Waals surface area contributed by atoms with Gasteiger partial charge in [0.25, 0.3) is 0 Å². The lowest BCUT2D eigenvalue weighted by Gasteiger charge is -2.41. The van der Waals surface area contributed by atoms with Crippen molar-refractivity contribution < 1.29 is 8.78 Å². The van der Waals surface area contributed by atoms with Crippen LogP contribution in [0.5, 0.6) is 0 Å². The average molecular weight is 382 g/mol. The SMILES string of the molecule is CN1CCC2(CCN(c3cc(Cl)ncc3-c3cnn(C(F)F)c3)CC2)C1. The zero-order chi connectivity index (χ0) is 18.3. The summed E-state index contributed by atoms with van der Waals surface area (Å²) < 4.78 is 26.4. The minimum Gasteiger partial charge on any atom is -0.371 e. The van der Waals surface area contributed by atoms with Gasteiger partial charge in [0.15, 0.2) is 0 Å². The van der Waals surface area contributed by atoms with E-state index in [-0.39, 0.29) is 0 Å². The minimum atomic E-state index is -2.65. The van der Waals surface area contributed by atoms with Gasteiger partial charge in [0.2, 0.25) is 0 Å². The van der Waals surface area contributed by atoms with Gasteiger partial charge >= 0.3 is 6.55 Å². The van der Waals surface area contributed by atoms with Gasteiger partial charge in [-0.2, -0.15) is 13.9 Å². The van der Waals surface area contributed by atoms with Gasteiger partial charge in [0.1, 0.15) is 5.15 Å². The molecule has 2 aromatic rings. The van der Waals surface area contributed by atoms with Crippen LogP contribution in [0.4, 0.5) is 14.5 Å². The smallest absolute Gasteiger partial charge is 0.333 e. The summed E-state index contributed by atoms with van der Waals surface area (Å²) in [5.74, 6) is 0. The summed E-state index contributed by atoms with van der Waals surface area (Å²) in [5.41, 5.74) is 2.79. The highest BCUT2D eigenvalue weighted by Crippen LogP contribution is 2.42. The van der Waals surface area contributed by atoms with Crippen molar-refractivity contribution in [3.8, 4) is 11.1 Å². The molecule has 2 saturated heterocycles. The predicted molar refractivity (Wildman–Crippen MR) is 97.7 cm³/mol. The predicted octanol–water partition coefficient (Wildman–Crippen LogP) is 3.92. The van der Waals surface area contributed by atoms with Gasteiger partial charge in [-0.25, -0.2) is 9.67 Å². The molecule has 4 rings (SSSR count). The maximum Gasteiger partial charge on any atom is 0.333 e. The second-order valence-electron chi connectivity index (χ2n) is 7.49. The number of alkyl halides is 2. The molecule has 0 aromatic carbocycles. The molecule has 26 heavy (non-hydrogen) atoms. The summed E-state index contributed by atoms with van der Waals surface area (Å²) in [5, 5.41) is 4.16. The standard InChI is InChI=1S/C18H22ClF2N5/c1-24-5-2-18(12-24)3-6-25(7-4-18)15-8-16(19)22-10-14(15)13-9-23-26(11-13)17(20)21/h8-11,17H,2-7,12H2,1H3. The van der Waals surface area contributed by atoms with E-state index < -0.39 is 6.55 Å². The van der Waals surface area contributed by atoms with Crippen LogP contribution in [-0.4, -0.2) is 52.9 Å². The van der Waals surface area contributed by atoms with E-state index in [1.54, 1.807) is 6.20 Å². The minimum absolute atomic E-state index is 0.408. The Morgan fingerprint density at radius 1 is 1.15 bits per heavy atom. The van der Waals surface area contributed by atoms with Crippen molar-refractivity contribution in [3.63, 3.8) is 0 Å². The van der Waals surface area contributed by atoms with Gasteiger partial charge in [-0.1, -0.05) is 11.6 Å². The molecule has 140 valence electrons. The first kappa shape index (κ1) is 17.7. The van der Waals surface area contributed by atoms with Crippen LogP contribution >= 0.6 is 11.6 Å². The molecule has 1 spiro atoms. The van der Waals surface area contributed by atoms with E-state index in [4.69, 9.17) is 11.6 Å². The van der Waals surface area contributed by atoms with Gasteiger partial charge in [-0.3, -0.25) is 0 Å². The fraction of sp³-hybridized carbons (Fsp3) is 0.556. The van der Waals surface area contributed by atoms with Crippen LogP contribution in [-0.2, 0) is 0 Å². The number of anilines is 1. The monoisotopic (exact) mass is 381 g/mol. The van der Waals surface area contributed by atoms with Gasteiger partial charge in [-0.05, 0) is 44.3 Å². The third kappa shape index (κ3) is 3.30. The largest absolute Gasteiger partial charge is 0.371 e. The van der Waals surface area contributed by atoms with Crippen molar-refractivity contribution in [2.45, 2.75) is 25.8 Å². The maximum atomic E-state index is 12.9. The number of nitrogens with zero attached hydrogens (tertiary/aromatic N) is 5. The summed E-state index contributed by atoms with van der Waals surface area (Å²) in [6.07, 6.45) is 7.98. The number of pyridine rings is 1. The first-order valence-corrected chi connectivity index (χ1v) is 9.25. The van der Waals surface area contributed by atoms with Crippen molar-refractivity contribution in [2.75, 3.05) is 38.1 Å². The summed E-state index contributed by atoms with van der Waals surface area (Å²) in [6.45, 7) is 1.54. The zero-order valence-corrected chi connectivity index (χ0v) is 15.5. The van der Waals surface area contributed by atoms with Gasteiger partial charge in [0.05, 0.1) is 6.20 Å². The molecule has 2 aliphatic rings. The van der Waals surface area contributed by atoms with E-state index in [0.717, 1.165) is 43.7 Å². The highest BCUT2D eigenvalue weighted by molar-refractivity contribution is 6.29. The third-order valence-corrected chi connectivity index (χ3v) is 5.96. The molecule has 5 nitrogen and oxygen atoms in total. The first-order chi connectivity index (χ1) is 12.5. The molecule has 4 heterocycles. The normalized spacial score (nSPS) is 20.4. The molecule has 0 unspecified atom stereocenters. The van der Waals surface area contributed by atoms with Crippen LogP contribution in [0, 0.1) is 5.41 Å². The number of hydrogen-bond acceptors (Lipinski definition) is 4. The van der Waals surface area contributed by atoms with Crippen molar-refractivity contribution in [2.24, 2.45) is 5.41 Å². The Morgan fingerprint density at radius 3 is 2.50 bits per heavy atom. The van der Waals surface area contributed by atoms with Gasteiger partial charge < -0.3 is 9.80 Å². The molecule has 0 atom stereocenters. The molecular weight excluding hydrogens is 360 g/mol. The molecule has 0 aliphatic carbocycles. The summed E-state index contributed by atoms with van der Waals surface area (Å²) in [4.78, 5) is 8.86. The van der Waals surface area contributed by atoms with E-state index in [0.29, 0.717) is 20.8 Å². The Balaban J connectivity index is 1.59. The van der Waals surface area contributed by atoms with Crippen LogP contribution in [0.25, 0.3) is 11.1 Å². The van der Waals surface area contributed by atoms with Gasteiger partial charge in [0, 0.05) is 48.8 Å². The van der Waals surface area contributed by atoms with Crippen LogP contribution in [0.15, 0.2) is 24.7 Å². The van der Waals surface area contributed by atoms with E-state index in [1.165, 1.54) is 25.4 Å². The van der Waals surface area contributed by atoms with Crippen LogP contribution in [0.2, 0.25) is 5.15 Å². The van der Waals surface area contributed by atoms with Crippen molar-refractivity contribution >= 4 is 17.3 Å². The van der Waals surface area contributed by atoms with Crippen LogP contribution < -0.4 is 4.90 Å². The topological polar surface area (TPSA) is 37.2 Å². The Bertz CT molecular complexity index is 786. The second-order valence-corrected chi connectivity index (χ2v) is 7.87. The summed E-state index contributed by atoms with van der Waals surface area (Å²) in [7, 11) is 2.18. The Kier molecular flexibility index (Phi) is 4.61. The van der Waals surface area contributed by atoms with Crippen molar-refractivity contribution in [1.82, 2.24) is 19.7 Å². The third-order valence-electron chi connectivity index (χ3n) is 5.76. The van der Waals surface area contributed by atoms with Crippen molar-refractivity contribution in [3.05, 3.63) is 29.8 Å². The second kappa shape index (κ2) is 6.78. The molecule has 0 saturated carbocycles. The molecule has 2 aliphatic heterocycles. The van der Waals surface area contributed by atoms with E-state index in [1.807, 2.05) is 6.07 Å². The Hall–Kier alpha value is -1.73. The molecule has 0 bridgehead atoms. The molecule has 0 N–H and O–H groups in total. The van der Waals surface area contributed by atoms with Gasteiger partial charge in [-0.15, -0.1) is 0 Å². The first-order valence-electron chi connectivity index (χ1n) is 8.88. The lowest BCUT2D eigenvalue weighted by molar-refractivity contribution is 0.0566. The Morgan fingerprint density at radius 2 is 1.88 bits per heavy atom. The average Bonchev–Trinajstić information content (AvgIpc) is 3.23. The number of piperidine rings is 1. The number of halogens is 3. The lowest BCUT2D eigenvalue weighted by atomic mass is 9.77. The highest BCUT2D eigenvalue weighted by atomic mass is 35.5. The van der Waals surface area contributed by atoms with E-state index in [9.17, 15) is 8.78 Å². The number of rotatable bonds is 3. The van der Waals surface area contributed by atoms with Crippen molar-refractivity contribution in [1.29, 1.82) is 0 Å². The van der Waals surface area contributed by atoms with Crippen LogP contribution in [0.3, 0.4) is 0 Å². The quantitative estimate of drug-likeness (QED) is 0.755. The zero-order valence-electron chi connectivity index (χ0n) is 14.7. The maximum absolute atomic E-state index is 12.9.